The molecule has 0 fully saturated rings. The van der Waals surface area contributed by atoms with E-state index in [-0.39, 0.29) is 11.7 Å². The molecule has 1 aromatic carbocycles. The average molecular weight is 338 g/mol. The first-order valence-corrected chi connectivity index (χ1v) is 7.48. The van der Waals surface area contributed by atoms with Gasteiger partial charge in [-0.05, 0) is 11.1 Å². The van der Waals surface area contributed by atoms with Crippen LogP contribution in [-0.2, 0) is 4.74 Å². The molecule has 0 spiro atoms. The van der Waals surface area contributed by atoms with Gasteiger partial charge in [0.1, 0.15) is 36.3 Å². The lowest BCUT2D eigenvalue weighted by atomic mass is 9.88. The molecule has 6 N–H and O–H groups in total. The molecule has 1 aliphatic rings. The quantitative estimate of drug-likeness (QED) is 0.391. The molecule has 5 atom stereocenters. The van der Waals surface area contributed by atoms with Crippen molar-refractivity contribution in [1.82, 2.24) is 0 Å². The Morgan fingerprint density at radius 1 is 1.12 bits per heavy atom. The summed E-state index contributed by atoms with van der Waals surface area (Å²) in [6, 6.07) is 7.11. The lowest BCUT2D eigenvalue weighted by Crippen LogP contribution is -2.46. The average Bonchev–Trinajstić information content (AvgIpc) is 2.63. The fraction of sp³-hybridized carbons (Fsp3) is 0.412. The van der Waals surface area contributed by atoms with E-state index in [1.54, 1.807) is 31.4 Å². The molecule has 7 nitrogen and oxygen atoms in total. The Labute approximate surface area is 139 Å². The third kappa shape index (κ3) is 3.51. The number of allylic oxidation sites excluding steroid dienone is 2. The summed E-state index contributed by atoms with van der Waals surface area (Å²) in [6.45, 7) is -0.791. The van der Waals surface area contributed by atoms with Crippen molar-refractivity contribution in [3.63, 3.8) is 0 Å². The van der Waals surface area contributed by atoms with Gasteiger partial charge in [-0.15, -0.1) is 0 Å². The molecule has 0 aliphatic heterocycles. The third-order valence-corrected chi connectivity index (χ3v) is 4.06. The number of hydrogen-bond donors (Lipinski definition) is 6. The highest BCUT2D eigenvalue weighted by atomic mass is 16.5. The summed E-state index contributed by atoms with van der Waals surface area (Å²) in [6.07, 6.45) is -4.24. The van der Waals surface area contributed by atoms with Crippen LogP contribution in [-0.4, -0.2) is 68.8 Å². The van der Waals surface area contributed by atoms with Gasteiger partial charge in [0, 0.05) is 12.7 Å². The minimum absolute atomic E-state index is 0.274. The van der Waals surface area contributed by atoms with Crippen molar-refractivity contribution in [2.45, 2.75) is 30.5 Å². The van der Waals surface area contributed by atoms with Crippen molar-refractivity contribution in [3.05, 3.63) is 53.3 Å². The highest BCUT2D eigenvalue weighted by molar-refractivity contribution is 5.80. The maximum absolute atomic E-state index is 10.3. The molecule has 132 valence electrons. The Morgan fingerprint density at radius 2 is 1.79 bits per heavy atom. The standard InChI is InChI=1S/C17H22O7/c1-24-13-7-6-11(9-4-2-3-5-10(9)13)14(20)16(22)17(23)15(21)12(19)8-18/h2-7,12-13,15-23H,8H2,1H3/t12-,13?,15-,16+,17+/m1/s1. The summed E-state index contributed by atoms with van der Waals surface area (Å²) in [5, 5.41) is 58.2. The Balaban J connectivity index is 2.37. The summed E-state index contributed by atoms with van der Waals surface area (Å²) in [7, 11) is 1.55. The van der Waals surface area contributed by atoms with Crippen molar-refractivity contribution in [1.29, 1.82) is 0 Å². The van der Waals surface area contributed by atoms with Crippen LogP contribution in [0.25, 0.3) is 5.57 Å². The molecule has 7 heteroatoms. The fourth-order valence-corrected chi connectivity index (χ4v) is 2.64. The minimum Gasteiger partial charge on any atom is -0.509 e. The zero-order valence-corrected chi connectivity index (χ0v) is 13.1. The van der Waals surface area contributed by atoms with Gasteiger partial charge in [-0.3, -0.25) is 0 Å². The van der Waals surface area contributed by atoms with Gasteiger partial charge >= 0.3 is 0 Å². The van der Waals surface area contributed by atoms with Crippen molar-refractivity contribution >= 4 is 5.57 Å². The molecule has 0 bridgehead atoms. The lowest BCUT2D eigenvalue weighted by Gasteiger charge is -2.27. The molecule has 1 aromatic rings. The molecule has 0 heterocycles. The zero-order chi connectivity index (χ0) is 17.9. The normalized spacial score (nSPS) is 24.0. The van der Waals surface area contributed by atoms with E-state index in [0.29, 0.717) is 5.56 Å². The van der Waals surface area contributed by atoms with Crippen molar-refractivity contribution in [2.24, 2.45) is 0 Å². The van der Waals surface area contributed by atoms with Crippen LogP contribution in [0.5, 0.6) is 0 Å². The summed E-state index contributed by atoms with van der Waals surface area (Å²) >= 11 is 0. The van der Waals surface area contributed by atoms with Gasteiger partial charge in [0.05, 0.1) is 6.61 Å². The Morgan fingerprint density at radius 3 is 2.42 bits per heavy atom. The number of aliphatic hydroxyl groups excluding tert-OH is 6. The predicted molar refractivity (Wildman–Crippen MR) is 86.0 cm³/mol. The molecular formula is C17H22O7. The number of fused-ring (bicyclic) bond motifs is 1. The van der Waals surface area contributed by atoms with E-state index in [9.17, 15) is 25.5 Å². The van der Waals surface area contributed by atoms with E-state index in [1.165, 1.54) is 0 Å². The molecule has 1 aliphatic carbocycles. The second kappa shape index (κ2) is 7.89. The zero-order valence-electron chi connectivity index (χ0n) is 13.1. The number of hydrogen-bond acceptors (Lipinski definition) is 7. The van der Waals surface area contributed by atoms with Gasteiger partial charge in [-0.2, -0.15) is 0 Å². The fourth-order valence-electron chi connectivity index (χ4n) is 2.64. The molecule has 1 unspecified atom stereocenters. The highest BCUT2D eigenvalue weighted by Gasteiger charge is 2.34. The lowest BCUT2D eigenvalue weighted by molar-refractivity contribution is -0.112. The van der Waals surface area contributed by atoms with Gasteiger partial charge in [0.25, 0.3) is 0 Å². The maximum atomic E-state index is 10.3. The van der Waals surface area contributed by atoms with Crippen molar-refractivity contribution in [3.8, 4) is 0 Å². The minimum atomic E-state index is -1.87. The topological polar surface area (TPSA) is 131 Å². The van der Waals surface area contributed by atoms with Crippen LogP contribution in [0.15, 0.2) is 42.2 Å². The summed E-state index contributed by atoms with van der Waals surface area (Å²) < 4.78 is 5.33. The third-order valence-electron chi connectivity index (χ3n) is 4.06. The van der Waals surface area contributed by atoms with Crippen molar-refractivity contribution < 1.29 is 35.4 Å². The van der Waals surface area contributed by atoms with E-state index >= 15 is 0 Å². The monoisotopic (exact) mass is 338 g/mol. The first-order chi connectivity index (χ1) is 11.4. The van der Waals surface area contributed by atoms with E-state index in [4.69, 9.17) is 9.84 Å². The van der Waals surface area contributed by atoms with Gasteiger partial charge in [0.2, 0.25) is 0 Å². The molecule has 24 heavy (non-hydrogen) atoms. The Hall–Kier alpha value is -1.74. The van der Waals surface area contributed by atoms with Crippen molar-refractivity contribution in [2.75, 3.05) is 13.7 Å². The largest absolute Gasteiger partial charge is 0.509 e. The van der Waals surface area contributed by atoms with E-state index in [2.05, 4.69) is 0 Å². The summed E-state index contributed by atoms with van der Waals surface area (Å²) in [5.41, 5.74) is 1.67. The molecule has 0 saturated carbocycles. The smallest absolute Gasteiger partial charge is 0.140 e. The first-order valence-electron chi connectivity index (χ1n) is 7.48. The van der Waals surface area contributed by atoms with Crippen LogP contribution < -0.4 is 0 Å². The number of benzene rings is 1. The SMILES string of the molecule is COC1C=CC(=C(O)[C@H](O)[C@@H](O)[C@H](O)[C@H](O)CO)c2ccccc21. The van der Waals surface area contributed by atoms with E-state index in [1.807, 2.05) is 12.1 Å². The van der Waals surface area contributed by atoms with Gasteiger partial charge in [0.15, 0.2) is 0 Å². The second-order valence-corrected chi connectivity index (χ2v) is 5.58. The molecule has 0 aromatic heterocycles. The van der Waals surface area contributed by atoms with Crippen LogP contribution >= 0.6 is 0 Å². The number of ether oxygens (including phenoxy) is 1. The van der Waals surface area contributed by atoms with Crippen LogP contribution in [0.4, 0.5) is 0 Å². The van der Waals surface area contributed by atoms with Crippen LogP contribution in [0, 0.1) is 0 Å². The van der Waals surface area contributed by atoms with Gasteiger partial charge < -0.3 is 35.4 Å². The Bertz CT molecular complexity index is 625. The number of methoxy groups -OCH3 is 1. The van der Waals surface area contributed by atoms with Crippen LogP contribution in [0.3, 0.4) is 0 Å². The summed E-state index contributed by atoms with van der Waals surface area (Å²) in [5.74, 6) is -0.551. The molecule has 2 rings (SSSR count). The van der Waals surface area contributed by atoms with Gasteiger partial charge in [-0.1, -0.05) is 36.4 Å². The Kier molecular flexibility index (Phi) is 6.11. The second-order valence-electron chi connectivity index (χ2n) is 5.58. The number of aliphatic hydroxyl groups is 6. The number of rotatable bonds is 6. The van der Waals surface area contributed by atoms with E-state index < -0.39 is 36.8 Å². The highest BCUT2D eigenvalue weighted by Crippen LogP contribution is 2.35. The molecule has 0 saturated heterocycles. The molecule has 0 amide bonds. The predicted octanol–water partition coefficient (Wildman–Crippen LogP) is -0.351. The van der Waals surface area contributed by atoms with Gasteiger partial charge in [-0.25, -0.2) is 0 Å². The van der Waals surface area contributed by atoms with E-state index in [0.717, 1.165) is 5.56 Å². The molecule has 0 radical (unpaired) electrons. The van der Waals surface area contributed by atoms with Crippen LogP contribution in [0.1, 0.15) is 17.2 Å². The van der Waals surface area contributed by atoms with Crippen LogP contribution in [0.2, 0.25) is 0 Å². The maximum Gasteiger partial charge on any atom is 0.140 e. The summed E-state index contributed by atoms with van der Waals surface area (Å²) in [4.78, 5) is 0. The molecular weight excluding hydrogens is 316 g/mol. The first kappa shape index (κ1) is 18.6.